The van der Waals surface area contributed by atoms with Crippen molar-refractivity contribution in [3.63, 3.8) is 0 Å². The highest BCUT2D eigenvalue weighted by Crippen LogP contribution is 2.27. The summed E-state index contributed by atoms with van der Waals surface area (Å²) < 4.78 is 10.3. The molecule has 0 spiro atoms. The predicted molar refractivity (Wildman–Crippen MR) is 91.2 cm³/mol. The number of carbonyl (C=O) groups excluding carboxylic acids is 1. The van der Waals surface area contributed by atoms with Crippen LogP contribution in [-0.4, -0.2) is 21.8 Å². The molecule has 7 heteroatoms. The van der Waals surface area contributed by atoms with Gasteiger partial charge in [0.15, 0.2) is 0 Å². The van der Waals surface area contributed by atoms with Crippen LogP contribution in [0.4, 0.5) is 11.8 Å². The quantitative estimate of drug-likeness (QED) is 0.786. The van der Waals surface area contributed by atoms with Gasteiger partial charge < -0.3 is 14.4 Å². The van der Waals surface area contributed by atoms with Crippen LogP contribution in [0, 0.1) is 13.8 Å². The van der Waals surface area contributed by atoms with Crippen LogP contribution in [0.2, 0.25) is 0 Å². The number of Topliss-reactive ketones (excluding diaryl/α,β-unsaturated/α-hetero) is 1. The summed E-state index contributed by atoms with van der Waals surface area (Å²) in [6, 6.07) is 7.30. The molecule has 1 aliphatic rings. The maximum absolute atomic E-state index is 12.8. The molecule has 4 rings (SSSR count). The molecule has 0 radical (unpaired) electrons. The van der Waals surface area contributed by atoms with Gasteiger partial charge in [0.1, 0.15) is 0 Å². The molecule has 3 aromatic rings. The average Bonchev–Trinajstić information content (AvgIpc) is 3.21. The topological polar surface area (TPSA) is 93.5 Å². The summed E-state index contributed by atoms with van der Waals surface area (Å²) in [5.74, 6) is 0.694. The Balaban J connectivity index is 1.83. The van der Waals surface area contributed by atoms with Gasteiger partial charge in [-0.25, -0.2) is 4.99 Å². The van der Waals surface area contributed by atoms with E-state index in [1.54, 1.807) is 24.5 Å². The van der Waals surface area contributed by atoms with Crippen molar-refractivity contribution in [1.29, 1.82) is 0 Å². The zero-order chi connectivity index (χ0) is 17.4. The molecule has 0 saturated heterocycles. The van der Waals surface area contributed by atoms with Gasteiger partial charge in [0.2, 0.25) is 11.7 Å². The highest BCUT2D eigenvalue weighted by Gasteiger charge is 2.25. The van der Waals surface area contributed by atoms with Crippen molar-refractivity contribution < 1.29 is 13.8 Å². The van der Waals surface area contributed by atoms with Crippen molar-refractivity contribution in [1.82, 2.24) is 10.3 Å². The third kappa shape index (κ3) is 2.65. The number of aromatic nitrogens is 2. The Morgan fingerprint density at radius 2 is 1.72 bits per heavy atom. The number of aliphatic imine (C=N–C) groups is 1. The summed E-state index contributed by atoms with van der Waals surface area (Å²) in [7, 11) is 0. The molecule has 0 saturated carbocycles. The van der Waals surface area contributed by atoms with E-state index in [0.717, 1.165) is 16.7 Å². The van der Waals surface area contributed by atoms with E-state index in [1.165, 1.54) is 0 Å². The average molecular weight is 334 g/mol. The van der Waals surface area contributed by atoms with Crippen molar-refractivity contribution in [3.8, 4) is 0 Å². The van der Waals surface area contributed by atoms with Crippen molar-refractivity contribution in [2.24, 2.45) is 4.99 Å². The van der Waals surface area contributed by atoms with E-state index >= 15 is 0 Å². The first kappa shape index (κ1) is 15.1. The number of hydrogen-bond acceptors (Lipinski definition) is 7. The summed E-state index contributed by atoms with van der Waals surface area (Å²) in [6.07, 6.45) is 4.85. The van der Waals surface area contributed by atoms with E-state index in [9.17, 15) is 4.79 Å². The number of benzene rings is 1. The number of carbonyl (C=O) groups is 1. The third-order valence-corrected chi connectivity index (χ3v) is 3.91. The molecule has 7 nitrogen and oxygen atoms in total. The summed E-state index contributed by atoms with van der Waals surface area (Å²) in [6.45, 7) is 3.70. The number of ketones is 1. The fourth-order valence-corrected chi connectivity index (χ4v) is 2.55. The van der Waals surface area contributed by atoms with Gasteiger partial charge in [-0.05, 0) is 19.9 Å². The van der Waals surface area contributed by atoms with E-state index in [0.29, 0.717) is 28.7 Å². The first-order valence-electron chi connectivity index (χ1n) is 7.67. The minimum absolute atomic E-state index is 0.139. The fourth-order valence-electron chi connectivity index (χ4n) is 2.55. The maximum atomic E-state index is 12.8. The monoisotopic (exact) mass is 334 g/mol. The number of nitrogens with one attached hydrogen (secondary N) is 1. The van der Waals surface area contributed by atoms with Crippen LogP contribution in [0.25, 0.3) is 0 Å². The molecule has 0 unspecified atom stereocenters. The first-order chi connectivity index (χ1) is 12.1. The number of hydrogen-bond donors (Lipinski definition) is 1. The lowest BCUT2D eigenvalue weighted by atomic mass is 9.92. The van der Waals surface area contributed by atoms with E-state index < -0.39 is 0 Å². The molecule has 0 bridgehead atoms. The molecule has 0 atom stereocenters. The molecule has 0 amide bonds. The van der Waals surface area contributed by atoms with E-state index in [-0.39, 0.29) is 5.78 Å². The van der Waals surface area contributed by atoms with Gasteiger partial charge in [0, 0.05) is 22.3 Å². The smallest absolute Gasteiger partial charge is 0.253 e. The van der Waals surface area contributed by atoms with Crippen LogP contribution in [0.15, 0.2) is 62.5 Å². The van der Waals surface area contributed by atoms with Gasteiger partial charge in [-0.15, -0.1) is 0 Å². The highest BCUT2D eigenvalue weighted by atomic mass is 16.5. The Labute approximate surface area is 143 Å². The molecular formula is C18H14N4O3. The Kier molecular flexibility index (Phi) is 3.53. The lowest BCUT2D eigenvalue weighted by molar-refractivity contribution is 0.103. The molecule has 1 aromatic carbocycles. The van der Waals surface area contributed by atoms with Crippen LogP contribution >= 0.6 is 0 Å². The van der Waals surface area contributed by atoms with Gasteiger partial charge in [-0.2, -0.15) is 0 Å². The number of nitrogens with zero attached hydrogens (tertiary/aromatic N) is 3. The van der Waals surface area contributed by atoms with Crippen LogP contribution in [0.1, 0.15) is 27.0 Å². The Hall–Kier alpha value is -3.48. The second-order valence-electron chi connectivity index (χ2n) is 5.71. The van der Waals surface area contributed by atoms with E-state index in [1.807, 2.05) is 32.0 Å². The molecule has 0 aliphatic heterocycles. The minimum atomic E-state index is -0.139. The van der Waals surface area contributed by atoms with Crippen molar-refractivity contribution in [2.75, 3.05) is 5.32 Å². The molecule has 124 valence electrons. The van der Waals surface area contributed by atoms with E-state index in [4.69, 9.17) is 9.05 Å². The Morgan fingerprint density at radius 1 is 1.00 bits per heavy atom. The molecule has 2 heterocycles. The van der Waals surface area contributed by atoms with Gasteiger partial charge in [0.25, 0.3) is 5.88 Å². The Bertz CT molecular complexity index is 1030. The number of aryl methyl sites for hydroxylation is 2. The molecule has 1 aliphatic carbocycles. The summed E-state index contributed by atoms with van der Waals surface area (Å²) in [4.78, 5) is 17.3. The fraction of sp³-hybridized carbons (Fsp3) is 0.111. The van der Waals surface area contributed by atoms with Crippen LogP contribution in [-0.2, 0) is 0 Å². The van der Waals surface area contributed by atoms with Gasteiger partial charge in [0.05, 0.1) is 23.8 Å². The molecule has 2 aromatic heterocycles. The van der Waals surface area contributed by atoms with Gasteiger partial charge in [-0.3, -0.25) is 4.79 Å². The SMILES string of the molecule is Cc1cnoc1N=C1C=C(Nc2oncc2C)C(=O)c2ccccc21. The van der Waals surface area contributed by atoms with Crippen LogP contribution < -0.4 is 5.32 Å². The highest BCUT2D eigenvalue weighted by molar-refractivity contribution is 6.27. The molecule has 0 fully saturated rings. The number of rotatable bonds is 3. The summed E-state index contributed by atoms with van der Waals surface area (Å²) in [5.41, 5.74) is 3.88. The first-order valence-corrected chi connectivity index (χ1v) is 7.67. The molecule has 25 heavy (non-hydrogen) atoms. The lowest BCUT2D eigenvalue weighted by Gasteiger charge is -2.17. The maximum Gasteiger partial charge on any atom is 0.253 e. The summed E-state index contributed by atoms with van der Waals surface area (Å²) >= 11 is 0. The molecule has 1 N–H and O–H groups in total. The third-order valence-electron chi connectivity index (χ3n) is 3.91. The lowest BCUT2D eigenvalue weighted by Crippen LogP contribution is -2.22. The van der Waals surface area contributed by atoms with Gasteiger partial charge in [-0.1, -0.05) is 34.6 Å². The van der Waals surface area contributed by atoms with Crippen molar-refractivity contribution in [2.45, 2.75) is 13.8 Å². The van der Waals surface area contributed by atoms with Gasteiger partial charge >= 0.3 is 0 Å². The number of fused-ring (bicyclic) bond motifs is 1. The van der Waals surface area contributed by atoms with Crippen molar-refractivity contribution in [3.05, 3.63) is 70.7 Å². The standard InChI is InChI=1S/C18H14N4O3/c1-10-8-19-24-17(10)21-14-7-15(22-18-11(2)9-20-25-18)16(23)13-6-4-3-5-12(13)14/h3-9,22H,1-2H3. The zero-order valence-corrected chi connectivity index (χ0v) is 13.6. The number of allylic oxidation sites excluding steroid dienone is 2. The van der Waals surface area contributed by atoms with Crippen LogP contribution in [0.3, 0.4) is 0 Å². The zero-order valence-electron chi connectivity index (χ0n) is 13.6. The second kappa shape index (κ2) is 5.86. The van der Waals surface area contributed by atoms with Crippen LogP contribution in [0.5, 0.6) is 0 Å². The normalized spacial score (nSPS) is 15.2. The summed E-state index contributed by atoms with van der Waals surface area (Å²) in [5, 5.41) is 10.5. The van der Waals surface area contributed by atoms with E-state index in [2.05, 4.69) is 20.6 Å². The largest absolute Gasteiger partial charge is 0.338 e. The van der Waals surface area contributed by atoms with Crippen molar-refractivity contribution >= 4 is 23.3 Å². The minimum Gasteiger partial charge on any atom is -0.338 e. The molecular weight excluding hydrogens is 320 g/mol. The Morgan fingerprint density at radius 3 is 2.40 bits per heavy atom. The number of anilines is 1. The second-order valence-corrected chi connectivity index (χ2v) is 5.71. The predicted octanol–water partition coefficient (Wildman–Crippen LogP) is 3.59.